The molecular formula is C18H26F4O2. The first-order valence-electron chi connectivity index (χ1n) is 8.56. The van der Waals surface area contributed by atoms with Crippen molar-refractivity contribution in [2.45, 2.75) is 70.4 Å². The molecule has 0 fully saturated rings. The zero-order chi connectivity index (χ0) is 17.8. The van der Waals surface area contributed by atoms with E-state index in [2.05, 4.69) is 0 Å². The molecule has 0 aromatic heterocycles. The summed E-state index contributed by atoms with van der Waals surface area (Å²) in [7, 11) is 0. The van der Waals surface area contributed by atoms with E-state index in [0.29, 0.717) is 18.8 Å². The average Bonchev–Trinajstić information content (AvgIpc) is 2.50. The molecule has 0 aliphatic rings. The fraction of sp³-hybridized carbons (Fsp3) is 0.667. The molecule has 24 heavy (non-hydrogen) atoms. The van der Waals surface area contributed by atoms with Gasteiger partial charge in [0.25, 0.3) is 0 Å². The molecule has 6 heteroatoms. The average molecular weight is 350 g/mol. The molecule has 0 atom stereocenters. The molecule has 2 nitrogen and oxygen atoms in total. The lowest BCUT2D eigenvalue weighted by molar-refractivity contribution is -0.135. The standard InChI is InChI=1S/C18H26F4O2/c19-16-14-15(10-11-17(16)23)24-13-9-7-5-3-1-2-4-6-8-12-18(20,21)22/h10-11,14,23H,1-9,12-13H2. The number of rotatable bonds is 12. The van der Waals surface area contributed by atoms with Crippen LogP contribution in [-0.2, 0) is 0 Å². The van der Waals surface area contributed by atoms with Crippen molar-refractivity contribution in [3.8, 4) is 11.5 Å². The van der Waals surface area contributed by atoms with Gasteiger partial charge in [0.2, 0.25) is 0 Å². The molecule has 1 aromatic carbocycles. The van der Waals surface area contributed by atoms with Crippen molar-refractivity contribution in [2.24, 2.45) is 0 Å². The van der Waals surface area contributed by atoms with Crippen LogP contribution < -0.4 is 4.74 Å². The van der Waals surface area contributed by atoms with Crippen LogP contribution in [0.1, 0.15) is 64.2 Å². The van der Waals surface area contributed by atoms with Crippen LogP contribution in [-0.4, -0.2) is 17.9 Å². The summed E-state index contributed by atoms with van der Waals surface area (Å²) in [5, 5.41) is 9.06. The van der Waals surface area contributed by atoms with E-state index in [-0.39, 0.29) is 12.2 Å². The largest absolute Gasteiger partial charge is 0.505 e. The maximum Gasteiger partial charge on any atom is 0.389 e. The van der Waals surface area contributed by atoms with Gasteiger partial charge in [-0.15, -0.1) is 0 Å². The number of phenolic OH excluding ortho intramolecular Hbond substituents is 1. The summed E-state index contributed by atoms with van der Waals surface area (Å²) in [5.41, 5.74) is 0. The van der Waals surface area contributed by atoms with Crippen molar-refractivity contribution >= 4 is 0 Å². The lowest BCUT2D eigenvalue weighted by atomic mass is 10.1. The molecule has 0 aliphatic heterocycles. The van der Waals surface area contributed by atoms with Crippen LogP contribution in [0.15, 0.2) is 18.2 Å². The lowest BCUT2D eigenvalue weighted by Crippen LogP contribution is -2.06. The van der Waals surface area contributed by atoms with Crippen LogP contribution in [0.25, 0.3) is 0 Å². The van der Waals surface area contributed by atoms with E-state index in [9.17, 15) is 17.6 Å². The quantitative estimate of drug-likeness (QED) is 0.350. The van der Waals surface area contributed by atoms with Crippen molar-refractivity contribution < 1.29 is 27.4 Å². The Hall–Kier alpha value is -1.46. The summed E-state index contributed by atoms with van der Waals surface area (Å²) in [4.78, 5) is 0. The second kappa shape index (κ2) is 11.2. The first-order valence-corrected chi connectivity index (χ1v) is 8.56. The SMILES string of the molecule is Oc1ccc(OCCCCCCCCCCCC(F)(F)F)cc1F. The van der Waals surface area contributed by atoms with Gasteiger partial charge >= 0.3 is 6.18 Å². The van der Waals surface area contributed by atoms with Gasteiger partial charge in [-0.1, -0.05) is 44.9 Å². The van der Waals surface area contributed by atoms with Crippen LogP contribution in [0.5, 0.6) is 11.5 Å². The van der Waals surface area contributed by atoms with Gasteiger partial charge in [-0.2, -0.15) is 13.2 Å². The Labute approximate surface area is 140 Å². The molecular weight excluding hydrogens is 324 g/mol. The van der Waals surface area contributed by atoms with Gasteiger partial charge in [-0.3, -0.25) is 0 Å². The van der Waals surface area contributed by atoms with Crippen LogP contribution in [0.2, 0.25) is 0 Å². The molecule has 0 unspecified atom stereocenters. The Bertz CT molecular complexity index is 461. The minimum Gasteiger partial charge on any atom is -0.505 e. The van der Waals surface area contributed by atoms with Gasteiger partial charge in [0, 0.05) is 12.5 Å². The molecule has 0 aliphatic carbocycles. The van der Waals surface area contributed by atoms with Crippen molar-refractivity contribution in [1.82, 2.24) is 0 Å². The van der Waals surface area contributed by atoms with E-state index in [1.807, 2.05) is 0 Å². The number of unbranched alkanes of at least 4 members (excludes halogenated alkanes) is 8. The zero-order valence-electron chi connectivity index (χ0n) is 13.9. The molecule has 138 valence electrons. The molecule has 1 aromatic rings. The molecule has 0 saturated carbocycles. The third-order valence-corrected chi connectivity index (χ3v) is 3.79. The Morgan fingerprint density at radius 1 is 0.833 bits per heavy atom. The monoisotopic (exact) mass is 350 g/mol. The summed E-state index contributed by atoms with van der Waals surface area (Å²) in [6, 6.07) is 3.95. The van der Waals surface area contributed by atoms with Crippen LogP contribution in [0.4, 0.5) is 17.6 Å². The highest BCUT2D eigenvalue weighted by Gasteiger charge is 2.25. The molecule has 0 heterocycles. The Morgan fingerprint density at radius 3 is 1.92 bits per heavy atom. The van der Waals surface area contributed by atoms with Gasteiger partial charge in [0.1, 0.15) is 5.75 Å². The number of halogens is 4. The van der Waals surface area contributed by atoms with E-state index in [0.717, 1.165) is 51.0 Å². The fourth-order valence-corrected chi connectivity index (χ4v) is 2.43. The number of alkyl halides is 3. The number of hydrogen-bond acceptors (Lipinski definition) is 2. The molecule has 0 radical (unpaired) electrons. The second-order valence-electron chi connectivity index (χ2n) is 6.01. The van der Waals surface area contributed by atoms with E-state index < -0.39 is 18.4 Å². The molecule has 1 rings (SSSR count). The minimum atomic E-state index is -4.02. The second-order valence-corrected chi connectivity index (χ2v) is 6.01. The van der Waals surface area contributed by atoms with Crippen molar-refractivity contribution in [3.05, 3.63) is 24.0 Å². The molecule has 0 amide bonds. The first-order chi connectivity index (χ1) is 11.4. The van der Waals surface area contributed by atoms with Gasteiger partial charge in [-0.25, -0.2) is 4.39 Å². The summed E-state index contributed by atoms with van der Waals surface area (Å²) in [5.74, 6) is -0.673. The highest BCUT2D eigenvalue weighted by atomic mass is 19.4. The Kier molecular flexibility index (Phi) is 9.57. The van der Waals surface area contributed by atoms with E-state index >= 15 is 0 Å². The van der Waals surface area contributed by atoms with Crippen LogP contribution in [0, 0.1) is 5.82 Å². The Balaban J connectivity index is 1.88. The third-order valence-electron chi connectivity index (χ3n) is 3.79. The lowest BCUT2D eigenvalue weighted by Gasteiger charge is -2.07. The normalized spacial score (nSPS) is 11.7. The molecule has 0 saturated heterocycles. The van der Waals surface area contributed by atoms with Gasteiger partial charge in [0.15, 0.2) is 11.6 Å². The van der Waals surface area contributed by atoms with Gasteiger partial charge in [0.05, 0.1) is 6.61 Å². The number of hydrogen-bond donors (Lipinski definition) is 1. The highest BCUT2D eigenvalue weighted by Crippen LogP contribution is 2.23. The van der Waals surface area contributed by atoms with E-state index in [1.54, 1.807) is 0 Å². The van der Waals surface area contributed by atoms with E-state index in [4.69, 9.17) is 9.84 Å². The van der Waals surface area contributed by atoms with Gasteiger partial charge in [-0.05, 0) is 25.0 Å². The number of aromatic hydroxyl groups is 1. The predicted octanol–water partition coefficient (Wildman–Crippen LogP) is 6.37. The summed E-state index contributed by atoms with van der Waals surface area (Å²) in [6.07, 6.45) is 3.12. The molecule has 0 spiro atoms. The van der Waals surface area contributed by atoms with Crippen molar-refractivity contribution in [1.29, 1.82) is 0 Å². The highest BCUT2D eigenvalue weighted by molar-refractivity contribution is 5.31. The van der Waals surface area contributed by atoms with Gasteiger partial charge < -0.3 is 9.84 Å². The number of phenols is 1. The number of benzene rings is 1. The molecule has 1 N–H and O–H groups in total. The number of ether oxygens (including phenoxy) is 1. The zero-order valence-corrected chi connectivity index (χ0v) is 13.9. The third kappa shape index (κ3) is 10.3. The van der Waals surface area contributed by atoms with Crippen LogP contribution in [0.3, 0.4) is 0 Å². The van der Waals surface area contributed by atoms with Crippen molar-refractivity contribution in [3.63, 3.8) is 0 Å². The fourth-order valence-electron chi connectivity index (χ4n) is 2.43. The minimum absolute atomic E-state index is 0.235. The summed E-state index contributed by atoms with van der Waals surface area (Å²) in [6.45, 7) is 0.502. The summed E-state index contributed by atoms with van der Waals surface area (Å²) < 4.78 is 54.3. The van der Waals surface area contributed by atoms with Crippen LogP contribution >= 0.6 is 0 Å². The molecule has 0 bridgehead atoms. The first kappa shape index (κ1) is 20.6. The maximum absolute atomic E-state index is 13.1. The predicted molar refractivity (Wildman–Crippen MR) is 85.8 cm³/mol. The van der Waals surface area contributed by atoms with E-state index in [1.165, 1.54) is 12.1 Å². The van der Waals surface area contributed by atoms with Crippen molar-refractivity contribution in [2.75, 3.05) is 6.61 Å². The topological polar surface area (TPSA) is 29.5 Å². The summed E-state index contributed by atoms with van der Waals surface area (Å²) >= 11 is 0. The maximum atomic E-state index is 13.1. The Morgan fingerprint density at radius 2 is 1.38 bits per heavy atom. The smallest absolute Gasteiger partial charge is 0.389 e.